The number of amides is 2. The van der Waals surface area contributed by atoms with Crippen LogP contribution in [0.1, 0.15) is 86.3 Å². The second-order valence-corrected chi connectivity index (χ2v) is 19.2. The van der Waals surface area contributed by atoms with Crippen molar-refractivity contribution in [3.8, 4) is 11.5 Å². The normalized spacial score (nSPS) is 19.9. The summed E-state index contributed by atoms with van der Waals surface area (Å²) in [5.41, 5.74) is -0.336. The fourth-order valence-electron chi connectivity index (χ4n) is 8.21. The Balaban J connectivity index is 1.22. The first-order valence-electron chi connectivity index (χ1n) is 21.6. The van der Waals surface area contributed by atoms with Crippen molar-refractivity contribution in [1.82, 2.24) is 29.7 Å². The molecule has 3 N–H and O–H groups in total. The van der Waals surface area contributed by atoms with Crippen molar-refractivity contribution in [2.24, 2.45) is 5.92 Å². The summed E-state index contributed by atoms with van der Waals surface area (Å²) in [6.07, 6.45) is 2.67. The number of carboxylic acids is 1. The molecule has 1 aliphatic carbocycles. The summed E-state index contributed by atoms with van der Waals surface area (Å²) in [5, 5.41) is 17.2. The van der Waals surface area contributed by atoms with E-state index in [2.05, 4.69) is 30.1 Å². The van der Waals surface area contributed by atoms with Crippen molar-refractivity contribution >= 4 is 46.6 Å². The SMILES string of the molecule is CNc1ncnc2c1ccn2[C@@H]1C[C@H](CN(CCCN(Cc2ccc(Oc3ccc(Cl)cc3)c(F)c2)C(=O)OC(C)(C)C)CCC(NC(=O)OC(C)(C)C)C(=O)O)[C@H]2OC(C)(C)O[C@H]21. The van der Waals surface area contributed by atoms with Gasteiger partial charge in [-0.15, -0.1) is 0 Å². The molecule has 1 unspecified atom stereocenters. The molecule has 0 bridgehead atoms. The Labute approximate surface area is 378 Å². The molecule has 4 aromatic rings. The Morgan fingerprint density at radius 1 is 0.984 bits per heavy atom. The number of carboxylic acid groups (broad SMARTS) is 1. The Bertz CT molecular complexity index is 2260. The maximum Gasteiger partial charge on any atom is 0.410 e. The predicted molar refractivity (Wildman–Crippen MR) is 239 cm³/mol. The van der Waals surface area contributed by atoms with Gasteiger partial charge in [0, 0.05) is 50.4 Å². The Hall–Kier alpha value is -5.23. The molecule has 3 heterocycles. The van der Waals surface area contributed by atoms with Crippen LogP contribution in [0.25, 0.3) is 11.0 Å². The second-order valence-electron chi connectivity index (χ2n) is 18.8. The molecule has 1 saturated heterocycles. The average Bonchev–Trinajstić information content (AvgIpc) is 3.86. The highest BCUT2D eigenvalue weighted by Gasteiger charge is 2.55. The van der Waals surface area contributed by atoms with E-state index in [1.807, 2.05) is 33.2 Å². The molecule has 6 rings (SSSR count). The van der Waals surface area contributed by atoms with Crippen molar-refractivity contribution < 1.29 is 47.6 Å². The fraction of sp³-hybridized carbons (Fsp3) is 0.543. The number of nitrogens with one attached hydrogen (secondary N) is 2. The number of aliphatic carboxylic acids is 1. The first kappa shape index (κ1) is 48.2. The van der Waals surface area contributed by atoms with E-state index in [1.165, 1.54) is 23.4 Å². The predicted octanol–water partition coefficient (Wildman–Crippen LogP) is 8.64. The number of fused-ring (bicyclic) bond motifs is 2. The minimum atomic E-state index is -1.24. The molecule has 5 atom stereocenters. The molecule has 16 nitrogen and oxygen atoms in total. The lowest BCUT2D eigenvalue weighted by Gasteiger charge is -2.31. The molecule has 1 aliphatic heterocycles. The third-order valence-corrected chi connectivity index (χ3v) is 11.1. The van der Waals surface area contributed by atoms with Crippen LogP contribution >= 0.6 is 11.6 Å². The summed E-state index contributed by atoms with van der Waals surface area (Å²) in [4.78, 5) is 51.6. The number of rotatable bonds is 17. The van der Waals surface area contributed by atoms with Gasteiger partial charge in [-0.3, -0.25) is 0 Å². The summed E-state index contributed by atoms with van der Waals surface area (Å²) in [6, 6.07) is 11.7. The fourth-order valence-corrected chi connectivity index (χ4v) is 8.34. The van der Waals surface area contributed by atoms with Gasteiger partial charge < -0.3 is 53.8 Å². The molecule has 2 aromatic carbocycles. The van der Waals surface area contributed by atoms with E-state index in [-0.39, 0.29) is 56.0 Å². The molecule has 348 valence electrons. The summed E-state index contributed by atoms with van der Waals surface area (Å²) >= 11 is 5.99. The van der Waals surface area contributed by atoms with Crippen LogP contribution in [0.15, 0.2) is 61.1 Å². The first-order valence-corrected chi connectivity index (χ1v) is 21.9. The van der Waals surface area contributed by atoms with E-state index in [0.29, 0.717) is 48.1 Å². The van der Waals surface area contributed by atoms with E-state index >= 15 is 4.39 Å². The van der Waals surface area contributed by atoms with Crippen molar-refractivity contribution in [3.05, 3.63) is 77.5 Å². The minimum Gasteiger partial charge on any atom is -0.480 e. The molecular weight excluding hydrogens is 849 g/mol. The number of ether oxygens (including phenoxy) is 5. The Kier molecular flexibility index (Phi) is 15.0. The third kappa shape index (κ3) is 12.7. The Morgan fingerprint density at radius 2 is 1.69 bits per heavy atom. The Morgan fingerprint density at radius 3 is 2.34 bits per heavy atom. The number of carbonyl (C=O) groups is 3. The van der Waals surface area contributed by atoms with E-state index in [0.717, 1.165) is 11.0 Å². The summed E-state index contributed by atoms with van der Waals surface area (Å²) in [6.45, 7) is 15.7. The zero-order chi connectivity index (χ0) is 46.6. The zero-order valence-corrected chi connectivity index (χ0v) is 38.8. The van der Waals surface area contributed by atoms with E-state index < -0.39 is 47.0 Å². The van der Waals surface area contributed by atoms with Crippen molar-refractivity contribution in [2.45, 2.75) is 122 Å². The molecule has 0 radical (unpaired) electrons. The van der Waals surface area contributed by atoms with Crippen LogP contribution in [0.4, 0.5) is 19.8 Å². The molecule has 2 aliphatic rings. The zero-order valence-electron chi connectivity index (χ0n) is 38.0. The number of alkyl carbamates (subject to hydrolysis) is 1. The first-order chi connectivity index (χ1) is 30.1. The van der Waals surface area contributed by atoms with Gasteiger partial charge in [0.1, 0.15) is 46.9 Å². The minimum absolute atomic E-state index is 0.0173. The van der Waals surface area contributed by atoms with Gasteiger partial charge in [0.25, 0.3) is 0 Å². The largest absolute Gasteiger partial charge is 0.480 e. The van der Waals surface area contributed by atoms with Crippen LogP contribution in [-0.4, -0.2) is 116 Å². The lowest BCUT2D eigenvalue weighted by atomic mass is 10.0. The van der Waals surface area contributed by atoms with Crippen LogP contribution in [-0.2, 0) is 30.3 Å². The molecule has 0 spiro atoms. The van der Waals surface area contributed by atoms with Crippen molar-refractivity contribution in [1.29, 1.82) is 0 Å². The third-order valence-electron chi connectivity index (χ3n) is 10.8. The number of halogens is 2. The average molecular weight is 910 g/mol. The van der Waals surface area contributed by atoms with Gasteiger partial charge in [0.05, 0.1) is 17.5 Å². The van der Waals surface area contributed by atoms with E-state index in [4.69, 9.17) is 35.3 Å². The molecule has 1 saturated carbocycles. The van der Waals surface area contributed by atoms with Crippen LogP contribution in [0.5, 0.6) is 11.5 Å². The molecule has 2 aromatic heterocycles. The van der Waals surface area contributed by atoms with Crippen LogP contribution in [0.3, 0.4) is 0 Å². The molecule has 2 fully saturated rings. The van der Waals surface area contributed by atoms with Crippen LogP contribution < -0.4 is 15.4 Å². The highest BCUT2D eigenvalue weighted by Crippen LogP contribution is 2.48. The second kappa shape index (κ2) is 19.9. The molecule has 2 amide bonds. The van der Waals surface area contributed by atoms with Gasteiger partial charge in [0.2, 0.25) is 0 Å². The number of anilines is 1. The van der Waals surface area contributed by atoms with Crippen molar-refractivity contribution in [2.75, 3.05) is 38.5 Å². The summed E-state index contributed by atoms with van der Waals surface area (Å²) in [7, 11) is 1.81. The summed E-state index contributed by atoms with van der Waals surface area (Å²) < 4.78 is 47.6. The van der Waals surface area contributed by atoms with Crippen molar-refractivity contribution in [3.63, 3.8) is 0 Å². The van der Waals surface area contributed by atoms with Gasteiger partial charge in [-0.1, -0.05) is 17.7 Å². The maximum atomic E-state index is 15.4. The number of benzene rings is 2. The van der Waals surface area contributed by atoms with E-state index in [1.54, 1.807) is 71.9 Å². The lowest BCUT2D eigenvalue weighted by Crippen LogP contribution is -2.46. The topological polar surface area (TPSA) is 179 Å². The van der Waals surface area contributed by atoms with Gasteiger partial charge in [-0.05, 0) is 129 Å². The summed E-state index contributed by atoms with van der Waals surface area (Å²) in [5.74, 6) is -1.58. The highest BCUT2D eigenvalue weighted by molar-refractivity contribution is 6.30. The van der Waals surface area contributed by atoms with Gasteiger partial charge in [0.15, 0.2) is 17.4 Å². The number of nitrogens with zero attached hydrogens (tertiary/aromatic N) is 5. The standard InChI is InChI=1S/C46H61ClFN7O9/c1-44(2,3)63-42(58)52-34(41(56)57)18-21-53(26-29-24-35(38-37(29)61-46(7,8)62-38)55-22-17-32-39(49-9)50-27-51-40(32)55)19-10-20-54(43(59)64-45(4,5)6)25-28-11-16-36(33(48)23-28)60-31-14-12-30(47)13-15-31/h11-17,22-23,27,29,34-35,37-38H,10,18-21,24-26H2,1-9H3,(H,52,58)(H,56,57)(H,49,50,51)/t29-,34?,35-,37-,38+/m1/s1. The number of carbonyl (C=O) groups excluding carboxylic acids is 2. The molecule has 64 heavy (non-hydrogen) atoms. The number of aromatic nitrogens is 3. The molecular formula is C46H61ClFN7O9. The molecule has 18 heteroatoms. The maximum absolute atomic E-state index is 15.4. The van der Waals surface area contributed by atoms with Crippen LogP contribution in [0.2, 0.25) is 5.02 Å². The number of hydrogen-bond acceptors (Lipinski definition) is 12. The smallest absolute Gasteiger partial charge is 0.410 e. The highest BCUT2D eigenvalue weighted by atomic mass is 35.5. The van der Waals surface area contributed by atoms with Gasteiger partial charge in [-0.2, -0.15) is 0 Å². The van der Waals surface area contributed by atoms with Gasteiger partial charge >= 0.3 is 18.2 Å². The van der Waals surface area contributed by atoms with E-state index in [9.17, 15) is 19.5 Å². The van der Waals surface area contributed by atoms with Gasteiger partial charge in [-0.25, -0.2) is 28.7 Å². The monoisotopic (exact) mass is 909 g/mol. The number of hydrogen-bond donors (Lipinski definition) is 3. The lowest BCUT2D eigenvalue weighted by molar-refractivity contribution is -0.161. The van der Waals surface area contributed by atoms with Crippen LogP contribution in [0, 0.1) is 11.7 Å². The quantitative estimate of drug-likeness (QED) is 0.0918.